The summed E-state index contributed by atoms with van der Waals surface area (Å²) in [5.74, 6) is 0.906. The zero-order chi connectivity index (χ0) is 25.9. The molecule has 8 nitrogen and oxygen atoms in total. The Hall–Kier alpha value is -3.07. The van der Waals surface area contributed by atoms with Crippen molar-refractivity contribution < 1.29 is 19.1 Å². The van der Waals surface area contributed by atoms with E-state index in [9.17, 15) is 4.79 Å². The van der Waals surface area contributed by atoms with Gasteiger partial charge in [-0.05, 0) is 49.7 Å². The van der Waals surface area contributed by atoms with E-state index in [1.807, 2.05) is 48.5 Å². The predicted molar refractivity (Wildman–Crippen MR) is 142 cm³/mol. The van der Waals surface area contributed by atoms with Gasteiger partial charge in [-0.25, -0.2) is 0 Å². The Labute approximate surface area is 214 Å². The zero-order valence-electron chi connectivity index (χ0n) is 22.0. The average molecular weight is 497 g/mol. The Morgan fingerprint density at radius 2 is 1.75 bits per heavy atom. The first kappa shape index (κ1) is 27.5. The molecule has 1 heterocycles. The highest BCUT2D eigenvalue weighted by atomic mass is 16.7. The lowest BCUT2D eigenvalue weighted by Crippen LogP contribution is -2.37. The maximum atomic E-state index is 12.6. The molecule has 8 heteroatoms. The van der Waals surface area contributed by atoms with Crippen molar-refractivity contribution in [3.63, 3.8) is 0 Å². The number of ether oxygens (including phenoxy) is 2. The number of nitrogens with one attached hydrogen (secondary N) is 1. The fourth-order valence-electron chi connectivity index (χ4n) is 4.29. The summed E-state index contributed by atoms with van der Waals surface area (Å²) in [6.07, 6.45) is 2.79. The van der Waals surface area contributed by atoms with Gasteiger partial charge in [0.15, 0.2) is 0 Å². The minimum absolute atomic E-state index is 0.298. The number of hydrogen-bond acceptors (Lipinski definition) is 7. The number of methoxy groups -OCH3 is 1. The molecule has 1 aliphatic heterocycles. The van der Waals surface area contributed by atoms with Gasteiger partial charge in [0.1, 0.15) is 23.2 Å². The van der Waals surface area contributed by atoms with Gasteiger partial charge >= 0.3 is 0 Å². The van der Waals surface area contributed by atoms with E-state index < -0.39 is 11.9 Å². The molecule has 196 valence electrons. The molecule has 0 saturated carbocycles. The number of hydroxylamine groups is 1. The van der Waals surface area contributed by atoms with Gasteiger partial charge in [0.25, 0.3) is 5.91 Å². The van der Waals surface area contributed by atoms with Crippen molar-refractivity contribution in [2.75, 3.05) is 40.0 Å². The van der Waals surface area contributed by atoms with Crippen molar-refractivity contribution in [2.24, 2.45) is 5.73 Å². The molecule has 3 N–H and O–H groups in total. The number of nitrogens with zero attached hydrogens (tertiary/aromatic N) is 2. The van der Waals surface area contributed by atoms with Crippen LogP contribution in [0.1, 0.15) is 57.2 Å². The number of benzene rings is 2. The highest BCUT2D eigenvalue weighted by Gasteiger charge is 2.39. The van der Waals surface area contributed by atoms with E-state index in [-0.39, 0.29) is 0 Å². The second kappa shape index (κ2) is 13.9. The maximum Gasteiger partial charge on any atom is 0.266 e. The van der Waals surface area contributed by atoms with E-state index >= 15 is 0 Å². The second-order valence-electron chi connectivity index (χ2n) is 8.68. The van der Waals surface area contributed by atoms with Gasteiger partial charge in [-0.15, -0.1) is 0 Å². The van der Waals surface area contributed by atoms with Crippen molar-refractivity contribution >= 4 is 11.5 Å². The van der Waals surface area contributed by atoms with Crippen molar-refractivity contribution in [1.82, 2.24) is 15.5 Å². The Bertz CT molecular complexity index is 1000. The fourth-order valence-corrected chi connectivity index (χ4v) is 4.29. The molecular formula is C28H40N4O4. The first-order valence-corrected chi connectivity index (χ1v) is 12.8. The fraction of sp³-hybridized carbons (Fsp3) is 0.464. The van der Waals surface area contributed by atoms with Crippen LogP contribution in [0.15, 0.2) is 54.2 Å². The van der Waals surface area contributed by atoms with E-state index in [0.717, 1.165) is 61.3 Å². The van der Waals surface area contributed by atoms with Gasteiger partial charge in [-0.3, -0.25) is 15.1 Å². The van der Waals surface area contributed by atoms with Crippen molar-refractivity contribution in [1.29, 1.82) is 0 Å². The number of primary amides is 1. The van der Waals surface area contributed by atoms with E-state index in [1.165, 1.54) is 0 Å². The van der Waals surface area contributed by atoms with Crippen LogP contribution >= 0.6 is 0 Å². The summed E-state index contributed by atoms with van der Waals surface area (Å²) < 4.78 is 11.6. The second-order valence-corrected chi connectivity index (χ2v) is 8.68. The third-order valence-corrected chi connectivity index (χ3v) is 6.35. The third-order valence-electron chi connectivity index (χ3n) is 6.35. The van der Waals surface area contributed by atoms with Crippen LogP contribution in [0.5, 0.6) is 11.5 Å². The number of para-hydroxylation sites is 1. The molecule has 0 aromatic heterocycles. The summed E-state index contributed by atoms with van der Waals surface area (Å²) in [6, 6.07) is 15.1. The number of nitrogens with two attached hydrogens (primary N) is 1. The lowest BCUT2D eigenvalue weighted by molar-refractivity contribution is -0.199. The number of unbranched alkanes of at least 4 members (excludes halogenated alkanes) is 1. The van der Waals surface area contributed by atoms with E-state index in [2.05, 4.69) is 31.1 Å². The molecule has 36 heavy (non-hydrogen) atoms. The van der Waals surface area contributed by atoms with Gasteiger partial charge in [-0.1, -0.05) is 62.7 Å². The Balaban J connectivity index is 1.96. The summed E-state index contributed by atoms with van der Waals surface area (Å²) in [4.78, 5) is 21.1. The van der Waals surface area contributed by atoms with Crippen LogP contribution in [0.3, 0.4) is 0 Å². The smallest absolute Gasteiger partial charge is 0.266 e. The number of carbonyl (C=O) groups is 1. The molecule has 0 bridgehead atoms. The SMILES string of the molecule is CCCCON1NC(C(N)=O)=C(c2ccccc2OCCCN(CC)CC)C1c1ccc(OC)cc1. The van der Waals surface area contributed by atoms with Crippen LogP contribution in [0.4, 0.5) is 0 Å². The number of hydrazine groups is 1. The highest BCUT2D eigenvalue weighted by molar-refractivity contribution is 6.02. The summed E-state index contributed by atoms with van der Waals surface area (Å²) in [5.41, 5.74) is 11.7. The number of amides is 1. The van der Waals surface area contributed by atoms with Crippen LogP contribution < -0.4 is 20.6 Å². The van der Waals surface area contributed by atoms with Crippen LogP contribution in [0.2, 0.25) is 0 Å². The van der Waals surface area contributed by atoms with Crippen LogP contribution in [0, 0.1) is 0 Å². The number of rotatable bonds is 15. The van der Waals surface area contributed by atoms with E-state index in [0.29, 0.717) is 24.7 Å². The van der Waals surface area contributed by atoms with Crippen LogP contribution in [-0.2, 0) is 9.63 Å². The van der Waals surface area contributed by atoms with Crippen LogP contribution in [0.25, 0.3) is 5.57 Å². The molecule has 1 atom stereocenters. The van der Waals surface area contributed by atoms with Gasteiger partial charge in [0.2, 0.25) is 0 Å². The molecule has 2 aromatic rings. The zero-order valence-corrected chi connectivity index (χ0v) is 22.0. The molecule has 3 rings (SSSR count). The molecular weight excluding hydrogens is 456 g/mol. The maximum absolute atomic E-state index is 12.6. The molecule has 0 aliphatic carbocycles. The summed E-state index contributed by atoms with van der Waals surface area (Å²) in [6.45, 7) is 10.5. The molecule has 0 saturated heterocycles. The average Bonchev–Trinajstić information content (AvgIpc) is 3.29. The van der Waals surface area contributed by atoms with Crippen molar-refractivity contribution in [3.8, 4) is 11.5 Å². The topological polar surface area (TPSA) is 89.3 Å². The Morgan fingerprint density at radius 1 is 1.03 bits per heavy atom. The standard InChI is InChI=1S/C28H40N4O4/c1-5-8-20-36-32-27(21-14-16-22(34-4)17-15-21)25(26(30-32)28(29)33)23-12-9-10-13-24(23)35-19-11-18-31(6-2)7-3/h9-10,12-17,27,30H,5-8,11,18-20H2,1-4H3,(H2,29,33). The minimum atomic E-state index is -0.554. The Kier molecular flexibility index (Phi) is 10.6. The highest BCUT2D eigenvalue weighted by Crippen LogP contribution is 2.44. The predicted octanol–water partition coefficient (Wildman–Crippen LogP) is 4.30. The molecule has 1 unspecified atom stereocenters. The third kappa shape index (κ3) is 6.78. The number of carbonyl (C=O) groups excluding carboxylic acids is 1. The van der Waals surface area contributed by atoms with Gasteiger partial charge < -0.3 is 20.1 Å². The lowest BCUT2D eigenvalue weighted by atomic mass is 9.91. The molecule has 1 amide bonds. The quantitative estimate of drug-likeness (QED) is 0.356. The van der Waals surface area contributed by atoms with Crippen LogP contribution in [-0.4, -0.2) is 55.9 Å². The van der Waals surface area contributed by atoms with Crippen molar-refractivity contribution in [3.05, 3.63) is 65.4 Å². The van der Waals surface area contributed by atoms with Crippen molar-refractivity contribution in [2.45, 2.75) is 46.1 Å². The first-order valence-electron chi connectivity index (χ1n) is 12.8. The summed E-state index contributed by atoms with van der Waals surface area (Å²) in [7, 11) is 1.64. The molecule has 0 radical (unpaired) electrons. The first-order chi connectivity index (χ1) is 17.5. The molecule has 1 aliphatic rings. The monoisotopic (exact) mass is 496 g/mol. The largest absolute Gasteiger partial charge is 0.497 e. The Morgan fingerprint density at radius 3 is 2.39 bits per heavy atom. The normalized spacial score (nSPS) is 15.9. The number of hydrogen-bond donors (Lipinski definition) is 2. The van der Waals surface area contributed by atoms with Gasteiger partial charge in [0, 0.05) is 17.7 Å². The van der Waals surface area contributed by atoms with Gasteiger partial charge in [0.05, 0.1) is 20.3 Å². The van der Waals surface area contributed by atoms with E-state index in [1.54, 1.807) is 12.3 Å². The molecule has 2 aromatic carbocycles. The molecule has 0 fully saturated rings. The minimum Gasteiger partial charge on any atom is -0.497 e. The summed E-state index contributed by atoms with van der Waals surface area (Å²) in [5, 5.41) is 1.63. The van der Waals surface area contributed by atoms with Gasteiger partial charge in [-0.2, -0.15) is 0 Å². The van der Waals surface area contributed by atoms with E-state index in [4.69, 9.17) is 20.0 Å². The lowest BCUT2D eigenvalue weighted by Gasteiger charge is -2.26. The summed E-state index contributed by atoms with van der Waals surface area (Å²) >= 11 is 0. The molecule has 0 spiro atoms.